The summed E-state index contributed by atoms with van der Waals surface area (Å²) in [7, 11) is 0. The molecule has 0 spiro atoms. The summed E-state index contributed by atoms with van der Waals surface area (Å²) in [6.07, 6.45) is 18.0. The van der Waals surface area contributed by atoms with Gasteiger partial charge >= 0.3 is 0 Å². The summed E-state index contributed by atoms with van der Waals surface area (Å²) in [4.78, 5) is 0. The second kappa shape index (κ2) is 17.3. The molecule has 3 saturated carbocycles. The molecular weight excluding hydrogens is 635 g/mol. The Balaban J connectivity index is 0.00000481. The monoisotopic (exact) mass is 695 g/mol. The van der Waals surface area contributed by atoms with Gasteiger partial charge in [0.1, 0.15) is 6.10 Å². The summed E-state index contributed by atoms with van der Waals surface area (Å²) in [6.45, 7) is 14.5. The van der Waals surface area contributed by atoms with Crippen LogP contribution in [0.25, 0.3) is 0 Å². The molecule has 0 aromatic rings. The van der Waals surface area contributed by atoms with Crippen LogP contribution < -0.4 is 0 Å². The van der Waals surface area contributed by atoms with Crippen molar-refractivity contribution in [2.75, 3.05) is 26.4 Å². The molecule has 219 valence electrons. The van der Waals surface area contributed by atoms with Gasteiger partial charge in [-0.2, -0.15) is 0 Å². The van der Waals surface area contributed by atoms with E-state index in [1.165, 1.54) is 77.0 Å². The molecule has 1 radical (unpaired) electrons. The van der Waals surface area contributed by atoms with Gasteiger partial charge in [-0.25, -0.2) is 0 Å². The fourth-order valence-corrected chi connectivity index (χ4v) is 7.17. The van der Waals surface area contributed by atoms with Gasteiger partial charge in [-0.3, -0.25) is 0 Å². The third-order valence-corrected chi connectivity index (χ3v) is 10.5. The van der Waals surface area contributed by atoms with Gasteiger partial charge in [0.05, 0.1) is 25.4 Å². The third-order valence-electron chi connectivity index (χ3n) is 10.5. The van der Waals surface area contributed by atoms with Crippen LogP contribution in [0.5, 0.6) is 0 Å². The first-order chi connectivity index (χ1) is 17.3. The van der Waals surface area contributed by atoms with Crippen LogP contribution >= 0.6 is 0 Å². The van der Waals surface area contributed by atoms with Crippen molar-refractivity contribution in [1.29, 1.82) is 0 Å². The van der Waals surface area contributed by atoms with E-state index in [0.29, 0.717) is 42.7 Å². The Morgan fingerprint density at radius 2 is 1.19 bits per heavy atom. The predicted molar refractivity (Wildman–Crippen MR) is 149 cm³/mol. The topological polar surface area (TPSA) is 47.9 Å². The molecule has 0 aliphatic heterocycles. The van der Waals surface area contributed by atoms with Crippen LogP contribution in [-0.2, 0) is 34.6 Å². The Morgan fingerprint density at radius 1 is 0.703 bits per heavy atom. The van der Waals surface area contributed by atoms with E-state index < -0.39 is 6.10 Å². The quantitative estimate of drug-likeness (QED) is 0.202. The fourth-order valence-electron chi connectivity index (χ4n) is 7.17. The van der Waals surface area contributed by atoms with E-state index in [1.807, 2.05) is 0 Å². The molecule has 3 fully saturated rings. The molecule has 2 atom stereocenters. The van der Waals surface area contributed by atoms with Crippen LogP contribution in [0.4, 0.5) is 0 Å². The normalized spacial score (nSPS) is 32.9. The minimum Gasteiger partial charge on any atom is -0.388 e. The summed E-state index contributed by atoms with van der Waals surface area (Å²) >= 11 is 0. The maximum atomic E-state index is 10.4. The van der Waals surface area contributed by atoms with Gasteiger partial charge in [0.2, 0.25) is 0 Å². The molecule has 3 aliphatic rings. The summed E-state index contributed by atoms with van der Waals surface area (Å²) in [5, 5.41) is 10.4. The van der Waals surface area contributed by atoms with E-state index in [9.17, 15) is 5.11 Å². The standard InChI is InChI=1S/C32H60O4.Re/c1-6-24(3)20-35-30-16-12-27(13-17-30)32(4,5)28-14-18-31(19-15-28)36-23-29(33)22-34-21-26-10-8-25(7-2)9-11-26;/h24-31,33H,6-23H2,1-5H3;. The average Bonchev–Trinajstić information content (AvgIpc) is 2.91. The largest absolute Gasteiger partial charge is 0.388 e. The van der Waals surface area contributed by atoms with Crippen molar-refractivity contribution >= 4 is 0 Å². The fraction of sp³-hybridized carbons (Fsp3) is 1.00. The number of rotatable bonds is 14. The van der Waals surface area contributed by atoms with Gasteiger partial charge in [0.15, 0.2) is 0 Å². The number of hydrogen-bond acceptors (Lipinski definition) is 4. The Kier molecular flexibility index (Phi) is 15.8. The minimum atomic E-state index is -0.496. The maximum absolute atomic E-state index is 10.4. The Labute approximate surface area is 243 Å². The summed E-state index contributed by atoms with van der Waals surface area (Å²) < 4.78 is 18.2. The first kappa shape index (κ1) is 33.7. The van der Waals surface area contributed by atoms with Crippen molar-refractivity contribution in [1.82, 2.24) is 0 Å². The molecule has 0 aromatic heterocycles. The van der Waals surface area contributed by atoms with Crippen molar-refractivity contribution < 1.29 is 39.7 Å². The average molecular weight is 695 g/mol. The van der Waals surface area contributed by atoms with Gasteiger partial charge in [0, 0.05) is 33.6 Å². The smallest absolute Gasteiger partial charge is 0.101 e. The summed E-state index contributed by atoms with van der Waals surface area (Å²) in [5.74, 6) is 3.90. The molecule has 1 N–H and O–H groups in total. The molecule has 3 rings (SSSR count). The molecule has 0 heterocycles. The second-order valence-electron chi connectivity index (χ2n) is 13.4. The first-order valence-corrected chi connectivity index (χ1v) is 15.8. The SMILES string of the molecule is CCC(C)COC1CCC(C(C)(C)C2CCC(OCC(O)COCC3CCC(CC)CC3)CC2)CC1.[Re]. The van der Waals surface area contributed by atoms with E-state index in [-0.39, 0.29) is 20.4 Å². The number of ether oxygens (including phenoxy) is 3. The zero-order chi connectivity index (χ0) is 26.0. The number of hydrogen-bond donors (Lipinski definition) is 1. The van der Waals surface area contributed by atoms with Gasteiger partial charge in [-0.05, 0) is 99.2 Å². The van der Waals surface area contributed by atoms with Crippen LogP contribution in [0.1, 0.15) is 125 Å². The van der Waals surface area contributed by atoms with Gasteiger partial charge < -0.3 is 19.3 Å². The Hall–Kier alpha value is 0.502. The van der Waals surface area contributed by atoms with Crippen LogP contribution in [0.3, 0.4) is 0 Å². The van der Waals surface area contributed by atoms with Crippen molar-refractivity contribution in [3.63, 3.8) is 0 Å². The zero-order valence-electron chi connectivity index (χ0n) is 24.9. The molecule has 0 amide bonds. The van der Waals surface area contributed by atoms with Gasteiger partial charge in [-0.15, -0.1) is 0 Å². The number of aliphatic hydroxyl groups excluding tert-OH is 1. The van der Waals surface area contributed by atoms with E-state index >= 15 is 0 Å². The van der Waals surface area contributed by atoms with Crippen molar-refractivity contribution in [2.45, 2.75) is 143 Å². The van der Waals surface area contributed by atoms with E-state index in [4.69, 9.17) is 14.2 Å². The van der Waals surface area contributed by atoms with Gasteiger partial charge in [0.25, 0.3) is 0 Å². The predicted octanol–water partition coefficient (Wildman–Crippen LogP) is 7.80. The minimum absolute atomic E-state index is 0. The zero-order valence-corrected chi connectivity index (χ0v) is 27.6. The first-order valence-electron chi connectivity index (χ1n) is 15.8. The Morgan fingerprint density at radius 3 is 1.68 bits per heavy atom. The molecular formula is C32H60O4Re. The van der Waals surface area contributed by atoms with Crippen LogP contribution in [0.2, 0.25) is 0 Å². The molecule has 0 aromatic carbocycles. The third kappa shape index (κ3) is 11.1. The summed E-state index contributed by atoms with van der Waals surface area (Å²) in [6, 6.07) is 0. The van der Waals surface area contributed by atoms with Crippen molar-refractivity contribution in [3.05, 3.63) is 0 Å². The van der Waals surface area contributed by atoms with Crippen molar-refractivity contribution in [3.8, 4) is 0 Å². The molecule has 2 unspecified atom stereocenters. The molecule has 0 bridgehead atoms. The maximum Gasteiger partial charge on any atom is 0.101 e. The molecule has 0 saturated heterocycles. The number of aliphatic hydroxyl groups is 1. The van der Waals surface area contributed by atoms with Crippen molar-refractivity contribution in [2.24, 2.45) is 35.0 Å². The van der Waals surface area contributed by atoms with Crippen LogP contribution in [0, 0.1) is 35.0 Å². The summed E-state index contributed by atoms with van der Waals surface area (Å²) in [5.41, 5.74) is 0.399. The second-order valence-corrected chi connectivity index (χ2v) is 13.4. The van der Waals surface area contributed by atoms with Gasteiger partial charge in [-0.1, -0.05) is 60.3 Å². The molecule has 3 aliphatic carbocycles. The Bertz CT molecular complexity index is 575. The molecule has 4 nitrogen and oxygen atoms in total. The van der Waals surface area contributed by atoms with E-state index in [2.05, 4.69) is 34.6 Å². The molecule has 5 heteroatoms. The molecule has 37 heavy (non-hydrogen) atoms. The van der Waals surface area contributed by atoms with E-state index in [1.54, 1.807) is 0 Å². The van der Waals surface area contributed by atoms with Crippen LogP contribution in [0.15, 0.2) is 0 Å². The van der Waals surface area contributed by atoms with E-state index in [0.717, 1.165) is 43.8 Å². The van der Waals surface area contributed by atoms with Crippen LogP contribution in [-0.4, -0.2) is 49.8 Å².